The number of hydrogen-bond donors (Lipinski definition) is 2. The SMILES string of the molecule is CNc1cc(N2C(=O)C3C4C(=O)N(C)C(=O)C4C3C2=O)ccc1Oc1ccc(Nc2ccccc2)cc1. The van der Waals surface area contributed by atoms with Gasteiger partial charge in [0.2, 0.25) is 23.6 Å². The monoisotopic (exact) mass is 496 g/mol. The maximum Gasteiger partial charge on any atom is 0.238 e. The van der Waals surface area contributed by atoms with E-state index in [0.717, 1.165) is 21.2 Å². The Kier molecular flexibility index (Phi) is 5.22. The van der Waals surface area contributed by atoms with Crippen LogP contribution < -0.4 is 20.3 Å². The second kappa shape index (κ2) is 8.48. The van der Waals surface area contributed by atoms with Crippen LogP contribution in [-0.2, 0) is 19.2 Å². The van der Waals surface area contributed by atoms with E-state index < -0.39 is 35.5 Å². The first-order valence-corrected chi connectivity index (χ1v) is 12.0. The topological polar surface area (TPSA) is 108 Å². The zero-order valence-electron chi connectivity index (χ0n) is 20.2. The molecule has 0 spiro atoms. The summed E-state index contributed by atoms with van der Waals surface area (Å²) < 4.78 is 6.06. The molecule has 3 aromatic carbocycles. The van der Waals surface area contributed by atoms with E-state index in [0.29, 0.717) is 22.9 Å². The number of hydrogen-bond acceptors (Lipinski definition) is 7. The zero-order valence-corrected chi connectivity index (χ0v) is 20.2. The number of nitrogens with one attached hydrogen (secondary N) is 2. The van der Waals surface area contributed by atoms with Crippen LogP contribution >= 0.6 is 0 Å². The van der Waals surface area contributed by atoms with Gasteiger partial charge in [0, 0.05) is 25.5 Å². The number of rotatable bonds is 6. The fraction of sp³-hybridized carbons (Fsp3) is 0.214. The van der Waals surface area contributed by atoms with E-state index in [2.05, 4.69) is 10.6 Å². The Morgan fingerprint density at radius 1 is 0.703 bits per heavy atom. The molecule has 4 amide bonds. The minimum atomic E-state index is -0.782. The van der Waals surface area contributed by atoms with Crippen LogP contribution in [0.2, 0.25) is 0 Å². The number of carbonyl (C=O) groups excluding carboxylic acids is 4. The number of carbonyl (C=O) groups is 4. The van der Waals surface area contributed by atoms with E-state index in [1.807, 2.05) is 54.6 Å². The third-order valence-electron chi connectivity index (χ3n) is 7.43. The van der Waals surface area contributed by atoms with Gasteiger partial charge < -0.3 is 15.4 Å². The highest BCUT2D eigenvalue weighted by molar-refractivity contribution is 6.27. The number of likely N-dealkylation sites (tertiary alicyclic amines) is 1. The molecule has 1 saturated carbocycles. The van der Waals surface area contributed by atoms with Crippen LogP contribution in [0.15, 0.2) is 72.8 Å². The fourth-order valence-electron chi connectivity index (χ4n) is 5.56. The summed E-state index contributed by atoms with van der Waals surface area (Å²) in [7, 11) is 3.12. The molecule has 186 valence electrons. The quantitative estimate of drug-likeness (QED) is 0.502. The summed E-state index contributed by atoms with van der Waals surface area (Å²) in [5, 5.41) is 6.37. The number of benzene rings is 3. The molecule has 0 radical (unpaired) electrons. The van der Waals surface area contributed by atoms with Crippen molar-refractivity contribution in [3.05, 3.63) is 72.8 Å². The lowest BCUT2D eigenvalue weighted by molar-refractivity contribution is -0.146. The van der Waals surface area contributed by atoms with Gasteiger partial charge in [0.1, 0.15) is 5.75 Å². The molecule has 2 saturated heterocycles. The molecule has 2 heterocycles. The second-order valence-electron chi connectivity index (χ2n) is 9.40. The fourth-order valence-corrected chi connectivity index (χ4v) is 5.56. The predicted octanol–water partition coefficient (Wildman–Crippen LogP) is 3.61. The summed E-state index contributed by atoms with van der Waals surface area (Å²) in [5.74, 6) is -3.57. The summed E-state index contributed by atoms with van der Waals surface area (Å²) in [6, 6.07) is 22.3. The van der Waals surface area contributed by atoms with Crippen molar-refractivity contribution < 1.29 is 23.9 Å². The van der Waals surface area contributed by atoms with Crippen molar-refractivity contribution in [1.29, 1.82) is 0 Å². The predicted molar refractivity (Wildman–Crippen MR) is 136 cm³/mol. The molecule has 9 heteroatoms. The van der Waals surface area contributed by atoms with Crippen molar-refractivity contribution in [2.45, 2.75) is 0 Å². The van der Waals surface area contributed by atoms with Crippen molar-refractivity contribution in [2.24, 2.45) is 23.7 Å². The van der Waals surface area contributed by atoms with Crippen LogP contribution in [0.4, 0.5) is 22.7 Å². The van der Waals surface area contributed by atoms with Crippen molar-refractivity contribution in [2.75, 3.05) is 29.6 Å². The lowest BCUT2D eigenvalue weighted by Crippen LogP contribution is -2.50. The summed E-state index contributed by atoms with van der Waals surface area (Å²) in [6.45, 7) is 0. The molecular formula is C28H24N4O5. The normalized spacial score (nSPS) is 24.1. The molecule has 3 fully saturated rings. The summed E-state index contributed by atoms with van der Waals surface area (Å²) in [4.78, 5) is 53.4. The molecule has 37 heavy (non-hydrogen) atoms. The van der Waals surface area contributed by atoms with Crippen LogP contribution in [0.3, 0.4) is 0 Å². The highest BCUT2D eigenvalue weighted by atomic mass is 16.5. The average molecular weight is 497 g/mol. The molecule has 0 aromatic heterocycles. The van der Waals surface area contributed by atoms with Gasteiger partial charge in [0.15, 0.2) is 5.75 Å². The molecule has 0 bridgehead atoms. The average Bonchev–Trinajstić information content (AvgIpc) is 3.20. The van der Waals surface area contributed by atoms with E-state index in [1.165, 1.54) is 7.05 Å². The lowest BCUT2D eigenvalue weighted by Gasteiger charge is -2.36. The number of imide groups is 2. The molecule has 1 aliphatic carbocycles. The smallest absolute Gasteiger partial charge is 0.238 e. The maximum absolute atomic E-state index is 13.2. The molecule has 2 N–H and O–H groups in total. The van der Waals surface area contributed by atoms with Crippen LogP contribution in [0, 0.1) is 23.7 Å². The third-order valence-corrected chi connectivity index (χ3v) is 7.43. The first-order valence-electron chi connectivity index (χ1n) is 12.0. The van der Waals surface area contributed by atoms with E-state index in [9.17, 15) is 19.2 Å². The number of nitrogens with zero attached hydrogens (tertiary/aromatic N) is 2. The third kappa shape index (κ3) is 3.46. The molecular weight excluding hydrogens is 472 g/mol. The van der Waals surface area contributed by atoms with Crippen LogP contribution in [-0.4, -0.2) is 42.6 Å². The molecule has 4 unspecified atom stereocenters. The second-order valence-corrected chi connectivity index (χ2v) is 9.40. The minimum Gasteiger partial charge on any atom is -0.455 e. The minimum absolute atomic E-state index is 0.370. The Labute approximate surface area is 213 Å². The van der Waals surface area contributed by atoms with Crippen molar-refractivity contribution in [3.8, 4) is 11.5 Å². The van der Waals surface area contributed by atoms with Crippen LogP contribution in [0.25, 0.3) is 0 Å². The number of para-hydroxylation sites is 1. The Bertz CT molecular complexity index is 1400. The van der Waals surface area contributed by atoms with E-state index in [-0.39, 0.29) is 11.8 Å². The first-order chi connectivity index (χ1) is 17.9. The Morgan fingerprint density at radius 3 is 1.86 bits per heavy atom. The van der Waals surface area contributed by atoms with Crippen molar-refractivity contribution in [3.63, 3.8) is 0 Å². The summed E-state index contributed by atoms with van der Waals surface area (Å²) in [6.07, 6.45) is 0. The summed E-state index contributed by atoms with van der Waals surface area (Å²) in [5.41, 5.74) is 2.84. The van der Waals surface area contributed by atoms with Gasteiger partial charge in [-0.05, 0) is 54.6 Å². The molecule has 9 nitrogen and oxygen atoms in total. The highest BCUT2D eigenvalue weighted by Gasteiger charge is 2.73. The molecule has 3 aromatic rings. The van der Waals surface area contributed by atoms with Crippen LogP contribution in [0.5, 0.6) is 11.5 Å². The van der Waals surface area contributed by atoms with Gasteiger partial charge in [-0.3, -0.25) is 24.1 Å². The van der Waals surface area contributed by atoms with Gasteiger partial charge in [-0.1, -0.05) is 18.2 Å². The highest BCUT2D eigenvalue weighted by Crippen LogP contribution is 2.57. The van der Waals surface area contributed by atoms with E-state index >= 15 is 0 Å². The Balaban J connectivity index is 1.20. The number of anilines is 4. The zero-order chi connectivity index (χ0) is 25.8. The van der Waals surface area contributed by atoms with Crippen molar-refractivity contribution >= 4 is 46.4 Å². The Hall–Kier alpha value is -4.66. The van der Waals surface area contributed by atoms with Gasteiger partial charge in [-0.25, -0.2) is 4.90 Å². The van der Waals surface area contributed by atoms with Gasteiger partial charge in [0.05, 0.1) is 35.0 Å². The lowest BCUT2D eigenvalue weighted by atomic mass is 9.59. The van der Waals surface area contributed by atoms with E-state index in [4.69, 9.17) is 4.74 Å². The number of ether oxygens (including phenoxy) is 1. The van der Waals surface area contributed by atoms with Gasteiger partial charge in [-0.15, -0.1) is 0 Å². The number of amides is 4. The molecule has 4 atom stereocenters. The van der Waals surface area contributed by atoms with Gasteiger partial charge in [0.25, 0.3) is 0 Å². The Morgan fingerprint density at radius 2 is 1.27 bits per heavy atom. The van der Waals surface area contributed by atoms with Gasteiger partial charge in [-0.2, -0.15) is 0 Å². The molecule has 6 rings (SSSR count). The summed E-state index contributed by atoms with van der Waals surface area (Å²) >= 11 is 0. The first kappa shape index (κ1) is 22.8. The number of fused-ring (bicyclic) bond motifs is 4. The molecule has 3 aliphatic rings. The standard InChI is InChI=1S/C28H24N4O5/c1-29-19-14-17(32-27(35)23-21-22(24(23)28(32)36)26(34)31(2)25(21)33)10-13-20(19)37-18-11-8-16(9-12-18)30-15-6-4-3-5-7-15/h3-14,21-24,29-30H,1-2H3. The maximum atomic E-state index is 13.2. The van der Waals surface area contributed by atoms with Crippen molar-refractivity contribution in [1.82, 2.24) is 4.90 Å². The van der Waals surface area contributed by atoms with E-state index in [1.54, 1.807) is 25.2 Å². The molecule has 2 aliphatic heterocycles. The largest absolute Gasteiger partial charge is 0.455 e. The van der Waals surface area contributed by atoms with Crippen LogP contribution in [0.1, 0.15) is 0 Å². The van der Waals surface area contributed by atoms with Gasteiger partial charge >= 0.3 is 0 Å².